The summed E-state index contributed by atoms with van der Waals surface area (Å²) in [4.78, 5) is 25.5. The summed E-state index contributed by atoms with van der Waals surface area (Å²) >= 11 is 6.41. The fourth-order valence-electron chi connectivity index (χ4n) is 2.46. The van der Waals surface area contributed by atoms with Gasteiger partial charge in [0.05, 0.1) is 11.5 Å². The maximum atomic E-state index is 12.7. The molecule has 2 aromatic carbocycles. The first kappa shape index (κ1) is 19.1. The molecule has 2 amide bonds. The van der Waals surface area contributed by atoms with Crippen molar-refractivity contribution in [3.05, 3.63) is 70.1 Å². The Balaban J connectivity index is 1.79. The Kier molecular flexibility index (Phi) is 5.93. The van der Waals surface area contributed by atoms with Crippen LogP contribution in [0.2, 0.25) is 0 Å². The molecule has 3 rings (SSSR count). The highest BCUT2D eigenvalue weighted by Gasteiger charge is 2.34. The molecule has 0 saturated carbocycles. The van der Waals surface area contributed by atoms with Gasteiger partial charge in [-0.3, -0.25) is 15.0 Å². The van der Waals surface area contributed by atoms with Gasteiger partial charge < -0.3 is 4.74 Å². The first-order valence-electron chi connectivity index (χ1n) is 8.37. The first-order valence-corrected chi connectivity index (χ1v) is 9.59. The molecule has 1 heterocycles. The highest BCUT2D eigenvalue weighted by molar-refractivity contribution is 8.26. The molecule has 1 saturated heterocycles. The average molecular weight is 399 g/mol. The van der Waals surface area contributed by atoms with Crippen molar-refractivity contribution in [1.29, 1.82) is 0 Å². The van der Waals surface area contributed by atoms with E-state index in [1.807, 2.05) is 50.2 Å². The fraction of sp³-hybridized carbons (Fsp3) is 0.150. The number of amides is 2. The van der Waals surface area contributed by atoms with Crippen molar-refractivity contribution in [2.45, 2.75) is 13.8 Å². The molecule has 0 aliphatic carbocycles. The van der Waals surface area contributed by atoms with Gasteiger partial charge in [0, 0.05) is 11.1 Å². The summed E-state index contributed by atoms with van der Waals surface area (Å²) < 4.78 is 5.87. The number of hydrogen-bond acceptors (Lipinski definition) is 5. The van der Waals surface area contributed by atoms with Crippen LogP contribution in [-0.4, -0.2) is 27.8 Å². The normalized spacial score (nSPS) is 15.3. The number of carbonyl (C=O) groups is 2. The van der Waals surface area contributed by atoms with Crippen LogP contribution in [-0.2, 0) is 4.79 Å². The largest absolute Gasteiger partial charge is 0.493 e. The lowest BCUT2D eigenvalue weighted by atomic mass is 10.1. The zero-order valence-electron chi connectivity index (χ0n) is 14.9. The number of benzene rings is 2. The highest BCUT2D eigenvalue weighted by atomic mass is 32.2. The zero-order chi connectivity index (χ0) is 19.4. The van der Waals surface area contributed by atoms with Gasteiger partial charge in [0.1, 0.15) is 5.75 Å². The van der Waals surface area contributed by atoms with Gasteiger partial charge in [-0.1, -0.05) is 47.7 Å². The van der Waals surface area contributed by atoms with Gasteiger partial charge in [0.15, 0.2) is 4.32 Å². The maximum Gasteiger partial charge on any atom is 0.285 e. The van der Waals surface area contributed by atoms with E-state index >= 15 is 0 Å². The number of thiocarbonyl (C=S) groups is 1. The van der Waals surface area contributed by atoms with Gasteiger partial charge in [-0.15, -0.1) is 0 Å². The predicted octanol–water partition coefficient (Wildman–Crippen LogP) is 3.94. The molecule has 2 aromatic rings. The molecule has 7 heteroatoms. The molecule has 1 aliphatic heterocycles. The molecule has 138 valence electrons. The van der Waals surface area contributed by atoms with Crippen LogP contribution in [0, 0.1) is 6.92 Å². The molecule has 1 fully saturated rings. The molecule has 1 aliphatic rings. The molecule has 27 heavy (non-hydrogen) atoms. The minimum atomic E-state index is -0.387. The van der Waals surface area contributed by atoms with Crippen molar-refractivity contribution in [1.82, 2.24) is 10.4 Å². The quantitative estimate of drug-likeness (QED) is 0.611. The van der Waals surface area contributed by atoms with E-state index in [-0.39, 0.29) is 16.1 Å². The Morgan fingerprint density at radius 2 is 1.93 bits per heavy atom. The summed E-state index contributed by atoms with van der Waals surface area (Å²) in [5.41, 5.74) is 4.87. The molecular formula is C20H18N2O3S2. The van der Waals surface area contributed by atoms with E-state index in [9.17, 15) is 9.59 Å². The van der Waals surface area contributed by atoms with Crippen LogP contribution in [0.3, 0.4) is 0 Å². The third-order valence-electron chi connectivity index (χ3n) is 3.83. The molecule has 0 bridgehead atoms. The van der Waals surface area contributed by atoms with Gasteiger partial charge in [-0.05, 0) is 50.3 Å². The molecule has 0 atom stereocenters. The summed E-state index contributed by atoms with van der Waals surface area (Å²) in [6, 6.07) is 14.5. The van der Waals surface area contributed by atoms with Crippen LogP contribution in [0.1, 0.15) is 28.4 Å². The van der Waals surface area contributed by atoms with E-state index in [1.165, 1.54) is 0 Å². The summed E-state index contributed by atoms with van der Waals surface area (Å²) in [6.07, 6.45) is 1.72. The number of ether oxygens (including phenoxy) is 1. The lowest BCUT2D eigenvalue weighted by Gasteiger charge is -2.15. The summed E-state index contributed by atoms with van der Waals surface area (Å²) in [5.74, 6) is -0.0620. The molecule has 1 N–H and O–H groups in total. The Morgan fingerprint density at radius 1 is 1.22 bits per heavy atom. The van der Waals surface area contributed by atoms with Crippen LogP contribution in [0.25, 0.3) is 6.08 Å². The summed E-state index contributed by atoms with van der Waals surface area (Å²) in [6.45, 7) is 4.36. The van der Waals surface area contributed by atoms with E-state index in [2.05, 4.69) is 5.43 Å². The number of nitrogens with zero attached hydrogens (tertiary/aromatic N) is 1. The maximum absolute atomic E-state index is 12.7. The number of carbonyl (C=O) groups excluding carboxylic acids is 2. The average Bonchev–Trinajstić information content (AvgIpc) is 2.91. The Hall–Kier alpha value is -2.64. The molecule has 0 spiro atoms. The fourth-order valence-corrected chi connectivity index (χ4v) is 3.63. The number of para-hydroxylation sites is 1. The number of thioether (sulfide) groups is 1. The number of rotatable bonds is 5. The van der Waals surface area contributed by atoms with Crippen LogP contribution in [0.15, 0.2) is 53.4 Å². The SMILES string of the molecule is CCOc1ccccc1/C=C1/SC(=S)N(NC(=O)c2ccc(C)cc2)C1=O. The highest BCUT2D eigenvalue weighted by Crippen LogP contribution is 2.33. The van der Waals surface area contributed by atoms with Crippen LogP contribution >= 0.6 is 24.0 Å². The standard InChI is InChI=1S/C20H18N2O3S2/c1-3-25-16-7-5-4-6-15(16)12-17-19(24)22(20(26)27-17)21-18(23)14-10-8-13(2)9-11-14/h4-12H,3H2,1-2H3,(H,21,23)/b17-12+. The van der Waals surface area contributed by atoms with E-state index in [1.54, 1.807) is 18.2 Å². The lowest BCUT2D eigenvalue weighted by molar-refractivity contribution is -0.123. The predicted molar refractivity (Wildman–Crippen MR) is 111 cm³/mol. The van der Waals surface area contributed by atoms with Gasteiger partial charge in [-0.25, -0.2) is 0 Å². The second kappa shape index (κ2) is 8.37. The number of hydrogen-bond donors (Lipinski definition) is 1. The number of hydrazine groups is 1. The topological polar surface area (TPSA) is 58.6 Å². The Labute approximate surface area is 167 Å². The molecule has 0 unspecified atom stereocenters. The minimum Gasteiger partial charge on any atom is -0.493 e. The third kappa shape index (κ3) is 4.37. The second-order valence-corrected chi connectivity index (χ2v) is 7.47. The smallest absolute Gasteiger partial charge is 0.285 e. The number of aryl methyl sites for hydroxylation is 1. The van der Waals surface area contributed by atoms with Gasteiger partial charge in [-0.2, -0.15) is 5.01 Å². The molecule has 5 nitrogen and oxygen atoms in total. The van der Waals surface area contributed by atoms with Gasteiger partial charge in [0.25, 0.3) is 11.8 Å². The van der Waals surface area contributed by atoms with Gasteiger partial charge in [0.2, 0.25) is 0 Å². The second-order valence-electron chi connectivity index (χ2n) is 5.79. The van der Waals surface area contributed by atoms with Crippen LogP contribution < -0.4 is 10.2 Å². The van der Waals surface area contributed by atoms with Crippen molar-refractivity contribution >= 4 is 46.2 Å². The Morgan fingerprint density at radius 3 is 2.63 bits per heavy atom. The van der Waals surface area contributed by atoms with Crippen molar-refractivity contribution in [3.8, 4) is 5.75 Å². The first-order chi connectivity index (χ1) is 13.0. The summed E-state index contributed by atoms with van der Waals surface area (Å²) in [5, 5.41) is 1.11. The monoisotopic (exact) mass is 398 g/mol. The minimum absolute atomic E-state index is 0.278. The van der Waals surface area contributed by atoms with E-state index in [0.29, 0.717) is 22.8 Å². The molecule has 0 aromatic heterocycles. The Bertz CT molecular complexity index is 923. The van der Waals surface area contributed by atoms with E-state index in [4.69, 9.17) is 17.0 Å². The summed E-state index contributed by atoms with van der Waals surface area (Å²) in [7, 11) is 0. The number of nitrogens with one attached hydrogen (secondary N) is 1. The van der Waals surface area contributed by atoms with Crippen LogP contribution in [0.4, 0.5) is 0 Å². The van der Waals surface area contributed by atoms with Crippen molar-refractivity contribution in [2.75, 3.05) is 6.61 Å². The van der Waals surface area contributed by atoms with E-state index in [0.717, 1.165) is 27.9 Å². The van der Waals surface area contributed by atoms with Gasteiger partial charge >= 0.3 is 0 Å². The lowest BCUT2D eigenvalue weighted by Crippen LogP contribution is -2.44. The van der Waals surface area contributed by atoms with Crippen LogP contribution in [0.5, 0.6) is 5.75 Å². The van der Waals surface area contributed by atoms with E-state index < -0.39 is 0 Å². The zero-order valence-corrected chi connectivity index (χ0v) is 16.5. The van der Waals surface area contributed by atoms with Crippen molar-refractivity contribution in [3.63, 3.8) is 0 Å². The third-order valence-corrected chi connectivity index (χ3v) is 5.13. The van der Waals surface area contributed by atoms with Crippen molar-refractivity contribution in [2.24, 2.45) is 0 Å². The molecular weight excluding hydrogens is 380 g/mol. The van der Waals surface area contributed by atoms with Crippen molar-refractivity contribution < 1.29 is 14.3 Å². The molecule has 0 radical (unpaired) electrons.